The number of hydrogen-bond acceptors (Lipinski definition) is 6. The van der Waals surface area contributed by atoms with Crippen LogP contribution >= 0.6 is 0 Å². The molecule has 1 saturated carbocycles. The Balaban J connectivity index is 1.57. The second-order valence-corrected chi connectivity index (χ2v) is 7.80. The van der Waals surface area contributed by atoms with Crippen molar-refractivity contribution >= 4 is 22.9 Å². The van der Waals surface area contributed by atoms with Gasteiger partial charge in [-0.15, -0.1) is 0 Å². The summed E-state index contributed by atoms with van der Waals surface area (Å²) in [4.78, 5) is 12.5. The monoisotopic (exact) mass is 422 g/mol. The van der Waals surface area contributed by atoms with E-state index >= 15 is 0 Å². The molecule has 1 amide bonds. The second-order valence-electron chi connectivity index (χ2n) is 7.80. The van der Waals surface area contributed by atoms with Crippen LogP contribution in [0.15, 0.2) is 47.0 Å². The molecule has 3 aromatic rings. The lowest BCUT2D eigenvalue weighted by molar-refractivity contribution is -0.110. The van der Waals surface area contributed by atoms with E-state index in [0.29, 0.717) is 11.1 Å². The van der Waals surface area contributed by atoms with E-state index in [4.69, 9.17) is 9.26 Å². The molecule has 0 spiro atoms. The van der Waals surface area contributed by atoms with Crippen LogP contribution in [0.4, 0.5) is 10.1 Å². The van der Waals surface area contributed by atoms with Gasteiger partial charge in [-0.2, -0.15) is 0 Å². The van der Waals surface area contributed by atoms with Gasteiger partial charge in [-0.05, 0) is 41.3 Å². The maximum Gasteiger partial charge on any atom is 0.260 e. The van der Waals surface area contributed by atoms with Gasteiger partial charge in [0, 0.05) is 16.5 Å². The summed E-state index contributed by atoms with van der Waals surface area (Å²) in [6.45, 7) is 0.0905. The predicted molar refractivity (Wildman–Crippen MR) is 111 cm³/mol. The Labute approximate surface area is 176 Å². The minimum atomic E-state index is -0.576. The summed E-state index contributed by atoms with van der Waals surface area (Å²) in [6.07, 6.45) is 1.87. The number of hydrogen-bond donors (Lipinski definition) is 3. The summed E-state index contributed by atoms with van der Waals surface area (Å²) in [5.41, 5.74) is 2.33. The Kier molecular flexibility index (Phi) is 4.33. The molecule has 0 bridgehead atoms. The van der Waals surface area contributed by atoms with Crippen LogP contribution in [0.3, 0.4) is 0 Å². The molecule has 5 rings (SSSR count). The van der Waals surface area contributed by atoms with Crippen LogP contribution in [0, 0.1) is 5.82 Å². The smallest absolute Gasteiger partial charge is 0.260 e. The first-order valence-electron chi connectivity index (χ1n) is 9.77. The molecular formula is C23H19FN2O5. The Morgan fingerprint density at radius 3 is 2.58 bits per heavy atom. The molecule has 1 aliphatic carbocycles. The number of rotatable bonds is 5. The number of nitrogens with zero attached hydrogens (tertiary/aromatic N) is 1. The number of carbonyl (C=O) groups excluding carboxylic acids is 1. The first kappa shape index (κ1) is 19.3. The van der Waals surface area contributed by atoms with Crippen molar-refractivity contribution in [3.63, 3.8) is 0 Å². The van der Waals surface area contributed by atoms with E-state index < -0.39 is 17.5 Å². The van der Waals surface area contributed by atoms with Crippen molar-refractivity contribution in [2.45, 2.75) is 18.3 Å². The Morgan fingerprint density at radius 2 is 1.97 bits per heavy atom. The van der Waals surface area contributed by atoms with E-state index in [9.17, 15) is 19.4 Å². The highest BCUT2D eigenvalue weighted by Crippen LogP contribution is 2.48. The zero-order valence-corrected chi connectivity index (χ0v) is 16.6. The summed E-state index contributed by atoms with van der Waals surface area (Å²) in [7, 11) is 1.40. The van der Waals surface area contributed by atoms with Crippen LogP contribution in [0.25, 0.3) is 22.5 Å². The van der Waals surface area contributed by atoms with Gasteiger partial charge in [0.2, 0.25) is 5.76 Å². The van der Waals surface area contributed by atoms with Crippen LogP contribution in [0.2, 0.25) is 0 Å². The number of anilines is 1. The lowest BCUT2D eigenvalue weighted by atomic mass is 9.93. The Bertz CT molecular complexity index is 1230. The highest BCUT2D eigenvalue weighted by atomic mass is 19.1. The van der Waals surface area contributed by atoms with Gasteiger partial charge in [-0.25, -0.2) is 4.39 Å². The molecule has 0 saturated heterocycles. The standard InChI is InChI=1S/C23H19FN2O5/c1-30-19-10-18(31-26-19)21(28)20-15-8-14(16(24)9-17(15)25-22(20)29)12-2-4-13(5-3-12)23(11-27)6-7-23/h2-5,8-10,27-28H,6-7,11H2,1H3,(H,25,29). The molecule has 8 heteroatoms. The van der Waals surface area contributed by atoms with Crippen LogP contribution in [0.1, 0.15) is 29.7 Å². The number of ether oxygens (including phenoxy) is 1. The average molecular weight is 422 g/mol. The molecule has 0 unspecified atom stereocenters. The molecule has 2 heterocycles. The van der Waals surface area contributed by atoms with Crippen LogP contribution in [-0.4, -0.2) is 35.0 Å². The van der Waals surface area contributed by atoms with Crippen molar-refractivity contribution in [2.75, 3.05) is 19.0 Å². The predicted octanol–water partition coefficient (Wildman–Crippen LogP) is 3.89. The molecular weight excluding hydrogens is 403 g/mol. The summed E-state index contributed by atoms with van der Waals surface area (Å²) in [5, 5.41) is 26.5. The van der Waals surface area contributed by atoms with Gasteiger partial charge in [-0.1, -0.05) is 24.3 Å². The van der Waals surface area contributed by atoms with E-state index in [1.54, 1.807) is 12.1 Å². The number of methoxy groups -OCH3 is 1. The topological polar surface area (TPSA) is 105 Å². The van der Waals surface area contributed by atoms with E-state index in [0.717, 1.165) is 18.4 Å². The average Bonchev–Trinajstić information content (AvgIpc) is 3.31. The van der Waals surface area contributed by atoms with Crippen molar-refractivity contribution in [3.8, 4) is 17.0 Å². The fourth-order valence-electron chi connectivity index (χ4n) is 3.93. The highest BCUT2D eigenvalue weighted by Gasteiger charge is 2.43. The first-order chi connectivity index (χ1) is 15.0. The molecule has 31 heavy (non-hydrogen) atoms. The molecule has 0 radical (unpaired) electrons. The highest BCUT2D eigenvalue weighted by molar-refractivity contribution is 6.36. The van der Waals surface area contributed by atoms with Crippen molar-refractivity contribution in [3.05, 3.63) is 65.2 Å². The van der Waals surface area contributed by atoms with E-state index in [2.05, 4.69) is 10.5 Å². The van der Waals surface area contributed by atoms with Gasteiger partial charge in [0.25, 0.3) is 11.8 Å². The van der Waals surface area contributed by atoms with Gasteiger partial charge in [0.15, 0.2) is 5.76 Å². The van der Waals surface area contributed by atoms with Gasteiger partial charge in [0.1, 0.15) is 5.82 Å². The number of carbonyl (C=O) groups is 1. The van der Waals surface area contributed by atoms with Crippen molar-refractivity contribution in [2.24, 2.45) is 0 Å². The van der Waals surface area contributed by atoms with Crippen molar-refractivity contribution in [1.29, 1.82) is 0 Å². The number of halogens is 1. The molecule has 2 aliphatic rings. The zero-order chi connectivity index (χ0) is 21.8. The van der Waals surface area contributed by atoms with E-state index in [-0.39, 0.29) is 40.5 Å². The SMILES string of the molecule is COc1cc(C(O)=C2C(=O)Nc3cc(F)c(-c4ccc(C5(CO)CC5)cc4)cc32)on1. The maximum absolute atomic E-state index is 14.9. The minimum absolute atomic E-state index is 0.0381. The first-order valence-corrected chi connectivity index (χ1v) is 9.77. The number of aliphatic hydroxyl groups excluding tert-OH is 2. The minimum Gasteiger partial charge on any atom is -0.504 e. The zero-order valence-electron chi connectivity index (χ0n) is 16.6. The molecule has 158 valence electrons. The van der Waals surface area contributed by atoms with Crippen LogP contribution in [-0.2, 0) is 10.2 Å². The van der Waals surface area contributed by atoms with Crippen LogP contribution < -0.4 is 10.1 Å². The summed E-state index contributed by atoms with van der Waals surface area (Å²) >= 11 is 0. The number of benzene rings is 2. The Hall–Kier alpha value is -3.65. The quantitative estimate of drug-likeness (QED) is 0.426. The molecule has 2 aromatic carbocycles. The fourth-order valence-corrected chi connectivity index (χ4v) is 3.93. The van der Waals surface area contributed by atoms with Gasteiger partial charge >= 0.3 is 0 Å². The van der Waals surface area contributed by atoms with Crippen molar-refractivity contribution in [1.82, 2.24) is 5.16 Å². The lowest BCUT2D eigenvalue weighted by Crippen LogP contribution is -2.11. The van der Waals surface area contributed by atoms with Crippen LogP contribution in [0.5, 0.6) is 5.88 Å². The molecule has 7 nitrogen and oxygen atoms in total. The summed E-state index contributed by atoms with van der Waals surface area (Å²) in [6, 6.07) is 11.5. The van der Waals surface area contributed by atoms with Gasteiger partial charge in [0.05, 0.1) is 31.0 Å². The van der Waals surface area contributed by atoms with Gasteiger partial charge in [-0.3, -0.25) is 4.79 Å². The molecule has 3 N–H and O–H groups in total. The number of aromatic nitrogens is 1. The lowest BCUT2D eigenvalue weighted by Gasteiger charge is -2.13. The van der Waals surface area contributed by atoms with Gasteiger partial charge < -0.3 is 24.8 Å². The maximum atomic E-state index is 14.9. The third-order valence-electron chi connectivity index (χ3n) is 5.98. The van der Waals surface area contributed by atoms with E-state index in [1.807, 2.05) is 12.1 Å². The third kappa shape index (κ3) is 3.07. The normalized spacial score (nSPS) is 17.8. The number of amides is 1. The molecule has 0 atom stereocenters. The number of nitrogens with one attached hydrogen (secondary N) is 1. The molecule has 1 aliphatic heterocycles. The molecule has 1 fully saturated rings. The third-order valence-corrected chi connectivity index (χ3v) is 5.98. The summed E-state index contributed by atoms with van der Waals surface area (Å²) in [5.74, 6) is -1.38. The Morgan fingerprint density at radius 1 is 1.23 bits per heavy atom. The second kappa shape index (κ2) is 6.95. The van der Waals surface area contributed by atoms with E-state index in [1.165, 1.54) is 25.3 Å². The molecule has 1 aromatic heterocycles. The fraction of sp³-hybridized carbons (Fsp3) is 0.217. The number of fused-ring (bicyclic) bond motifs is 1. The number of aliphatic hydroxyl groups is 2. The van der Waals surface area contributed by atoms with Crippen molar-refractivity contribution < 1.29 is 28.7 Å². The summed E-state index contributed by atoms with van der Waals surface area (Å²) < 4.78 is 24.8. The largest absolute Gasteiger partial charge is 0.504 e.